The number of aromatic nitrogens is 5. The van der Waals surface area contributed by atoms with Crippen LogP contribution < -0.4 is 5.32 Å². The average molecular weight is 553 g/mol. The molecule has 0 aliphatic carbocycles. The number of hydrogen-bond donors (Lipinski definition) is 3. The first kappa shape index (κ1) is 26.4. The van der Waals surface area contributed by atoms with E-state index in [1.54, 1.807) is 30.6 Å². The molecule has 0 unspecified atom stereocenters. The third-order valence-corrected chi connectivity index (χ3v) is 6.94. The van der Waals surface area contributed by atoms with Crippen LogP contribution >= 0.6 is 0 Å². The fourth-order valence-corrected chi connectivity index (χ4v) is 4.81. The molecule has 0 aliphatic heterocycles. The van der Waals surface area contributed by atoms with Crippen molar-refractivity contribution in [3.63, 3.8) is 0 Å². The molecule has 0 spiro atoms. The minimum absolute atomic E-state index is 0.290. The zero-order valence-corrected chi connectivity index (χ0v) is 22.6. The zero-order valence-electron chi connectivity index (χ0n) is 22.6. The first-order chi connectivity index (χ1) is 20.6. The minimum atomic E-state index is -0.290. The van der Waals surface area contributed by atoms with Crippen LogP contribution in [-0.2, 0) is 4.79 Å². The minimum Gasteiger partial charge on any atom is -0.352 e. The summed E-state index contributed by atoms with van der Waals surface area (Å²) in [4.78, 5) is 24.5. The molecule has 0 fully saturated rings. The van der Waals surface area contributed by atoms with E-state index in [4.69, 9.17) is 4.98 Å². The van der Waals surface area contributed by atoms with Gasteiger partial charge in [-0.2, -0.15) is 5.10 Å². The maximum atomic E-state index is 13.5. The number of H-pyrrole nitrogens is 2. The Labute approximate surface area is 240 Å². The van der Waals surface area contributed by atoms with Crippen LogP contribution in [0.3, 0.4) is 0 Å². The van der Waals surface area contributed by atoms with Gasteiger partial charge in [-0.1, -0.05) is 55.1 Å². The maximum Gasteiger partial charge on any atom is 0.151 e. The van der Waals surface area contributed by atoms with E-state index in [2.05, 4.69) is 32.1 Å². The molecule has 42 heavy (non-hydrogen) atoms. The molecule has 6 aromatic rings. The Morgan fingerprint density at radius 1 is 1.02 bits per heavy atom. The number of halogens is 1. The quantitative estimate of drug-likeness (QED) is 0.137. The SMILES string of the molecule is C=C/C(=C\C(=C/C)c1ccc2[nH]nc(-c3cc4c(-c5ccc(F)cc5)cncc4[nH]3)c2n1)NC(=C=O)c1ccccc1. The normalized spacial score (nSPS) is 12.0. The van der Waals surface area contributed by atoms with Gasteiger partial charge >= 0.3 is 0 Å². The number of fused-ring (bicyclic) bond motifs is 2. The molecule has 0 bridgehead atoms. The van der Waals surface area contributed by atoms with Gasteiger partial charge in [-0.15, -0.1) is 0 Å². The summed E-state index contributed by atoms with van der Waals surface area (Å²) < 4.78 is 13.5. The number of carbonyl (C=O) groups excluding carboxylic acids is 1. The van der Waals surface area contributed by atoms with E-state index >= 15 is 0 Å². The van der Waals surface area contributed by atoms with Crippen molar-refractivity contribution in [3.8, 4) is 22.5 Å². The standard InChI is InChI=1S/C34H25FN6O/c1-3-21(16-25(4-2)37-32(20-42)23-8-6-5-7-9-23)28-14-15-29-33(39-28)34(41-40-29)30-17-26-27(18-36-19-31(26)38-30)22-10-12-24(35)13-11-22/h3-19,37-38H,2H2,1H3,(H,40,41)/b21-3+,25-16+. The number of hydrogen-bond acceptors (Lipinski definition) is 5. The highest BCUT2D eigenvalue weighted by Crippen LogP contribution is 2.33. The summed E-state index contributed by atoms with van der Waals surface area (Å²) in [6, 6.07) is 21.5. The summed E-state index contributed by atoms with van der Waals surface area (Å²) in [6.45, 7) is 5.83. The highest BCUT2D eigenvalue weighted by molar-refractivity contribution is 6.00. The van der Waals surface area contributed by atoms with Crippen LogP contribution in [0.5, 0.6) is 0 Å². The number of pyridine rings is 2. The van der Waals surface area contributed by atoms with Gasteiger partial charge in [0.2, 0.25) is 0 Å². The molecule has 0 atom stereocenters. The lowest BCUT2D eigenvalue weighted by Crippen LogP contribution is -2.11. The van der Waals surface area contributed by atoms with Gasteiger partial charge in [-0.25, -0.2) is 14.2 Å². The lowest BCUT2D eigenvalue weighted by atomic mass is 10.0. The highest BCUT2D eigenvalue weighted by atomic mass is 19.1. The fraction of sp³-hybridized carbons (Fsp3) is 0.0294. The van der Waals surface area contributed by atoms with Gasteiger partial charge in [0.25, 0.3) is 0 Å². The summed E-state index contributed by atoms with van der Waals surface area (Å²) in [6.07, 6.45) is 8.98. The number of aromatic amines is 2. The Bertz CT molecular complexity index is 2050. The first-order valence-corrected chi connectivity index (χ1v) is 13.2. The van der Waals surface area contributed by atoms with E-state index in [1.807, 2.05) is 73.5 Å². The monoisotopic (exact) mass is 552 g/mol. The van der Waals surface area contributed by atoms with Crippen LogP contribution in [0, 0.1) is 5.82 Å². The Balaban J connectivity index is 1.36. The second kappa shape index (κ2) is 11.3. The Morgan fingerprint density at radius 3 is 2.57 bits per heavy atom. The molecule has 0 saturated carbocycles. The van der Waals surface area contributed by atoms with E-state index < -0.39 is 0 Å². The third kappa shape index (κ3) is 5.06. The molecule has 4 heterocycles. The van der Waals surface area contributed by atoms with E-state index in [9.17, 15) is 9.18 Å². The molecule has 3 N–H and O–H groups in total. The Kier molecular flexibility index (Phi) is 7.12. The van der Waals surface area contributed by atoms with Crippen molar-refractivity contribution >= 4 is 39.1 Å². The van der Waals surface area contributed by atoms with Crippen molar-refractivity contribution in [2.45, 2.75) is 6.92 Å². The van der Waals surface area contributed by atoms with Crippen molar-refractivity contribution in [2.24, 2.45) is 0 Å². The molecule has 0 aliphatic rings. The predicted octanol–water partition coefficient (Wildman–Crippen LogP) is 7.24. The van der Waals surface area contributed by atoms with Gasteiger partial charge in [0.05, 0.1) is 28.6 Å². The smallest absolute Gasteiger partial charge is 0.151 e. The zero-order chi connectivity index (χ0) is 29.1. The largest absolute Gasteiger partial charge is 0.352 e. The van der Waals surface area contributed by atoms with Gasteiger partial charge in [0.1, 0.15) is 22.7 Å². The molecule has 0 radical (unpaired) electrons. The lowest BCUT2D eigenvalue weighted by Gasteiger charge is -2.10. The Morgan fingerprint density at radius 2 is 1.83 bits per heavy atom. The topological polar surface area (TPSA) is 99.3 Å². The predicted molar refractivity (Wildman–Crippen MR) is 165 cm³/mol. The third-order valence-electron chi connectivity index (χ3n) is 6.94. The average Bonchev–Trinajstić information content (AvgIpc) is 3.66. The van der Waals surface area contributed by atoms with Crippen LogP contribution in [0.4, 0.5) is 4.39 Å². The molecule has 4 aromatic heterocycles. The number of benzene rings is 2. The van der Waals surface area contributed by atoms with Gasteiger partial charge < -0.3 is 10.3 Å². The molecule has 2 aromatic carbocycles. The molecule has 0 saturated heterocycles. The van der Waals surface area contributed by atoms with Gasteiger partial charge in [0.15, 0.2) is 5.94 Å². The molecule has 6 rings (SSSR count). The summed E-state index contributed by atoms with van der Waals surface area (Å²) in [5.41, 5.74) is 8.67. The van der Waals surface area contributed by atoms with E-state index in [0.717, 1.165) is 50.1 Å². The summed E-state index contributed by atoms with van der Waals surface area (Å²) in [7, 11) is 0. The highest BCUT2D eigenvalue weighted by Gasteiger charge is 2.16. The fourth-order valence-electron chi connectivity index (χ4n) is 4.81. The number of nitrogens with one attached hydrogen (secondary N) is 3. The molecular formula is C34H25FN6O. The van der Waals surface area contributed by atoms with Crippen molar-refractivity contribution in [3.05, 3.63) is 133 Å². The van der Waals surface area contributed by atoms with Crippen LogP contribution in [0.15, 0.2) is 116 Å². The van der Waals surface area contributed by atoms with Crippen LogP contribution in [0.2, 0.25) is 0 Å². The summed E-state index contributed by atoms with van der Waals surface area (Å²) in [5.74, 6) is 1.69. The first-order valence-electron chi connectivity index (χ1n) is 13.2. The van der Waals surface area contributed by atoms with Crippen LogP contribution in [-0.4, -0.2) is 31.1 Å². The van der Waals surface area contributed by atoms with Crippen molar-refractivity contribution < 1.29 is 9.18 Å². The van der Waals surface area contributed by atoms with Crippen molar-refractivity contribution in [2.75, 3.05) is 0 Å². The van der Waals surface area contributed by atoms with E-state index in [0.29, 0.717) is 22.6 Å². The number of nitrogens with zero attached hydrogens (tertiary/aromatic N) is 3. The Hall–Kier alpha value is -5.85. The molecule has 8 heteroatoms. The number of rotatable bonds is 8. The van der Waals surface area contributed by atoms with Crippen molar-refractivity contribution in [1.82, 2.24) is 30.5 Å². The molecular weight excluding hydrogens is 527 g/mol. The molecule has 204 valence electrons. The van der Waals surface area contributed by atoms with Gasteiger partial charge in [0, 0.05) is 28.4 Å². The van der Waals surface area contributed by atoms with Crippen LogP contribution in [0.1, 0.15) is 18.2 Å². The van der Waals surface area contributed by atoms with Gasteiger partial charge in [-0.05, 0) is 60.5 Å². The van der Waals surface area contributed by atoms with E-state index in [-0.39, 0.29) is 5.82 Å². The molecule has 7 nitrogen and oxygen atoms in total. The maximum absolute atomic E-state index is 13.5. The van der Waals surface area contributed by atoms with Gasteiger partial charge in [-0.3, -0.25) is 10.1 Å². The molecule has 0 amide bonds. The van der Waals surface area contributed by atoms with Crippen LogP contribution in [0.25, 0.3) is 55.7 Å². The number of allylic oxidation sites excluding steroid dienone is 4. The van der Waals surface area contributed by atoms with E-state index in [1.165, 1.54) is 12.1 Å². The second-order valence-electron chi connectivity index (χ2n) is 9.52. The summed E-state index contributed by atoms with van der Waals surface area (Å²) >= 11 is 0. The second-order valence-corrected chi connectivity index (χ2v) is 9.52. The summed E-state index contributed by atoms with van der Waals surface area (Å²) in [5, 5.41) is 11.7. The van der Waals surface area contributed by atoms with Crippen molar-refractivity contribution in [1.29, 1.82) is 0 Å². The lowest BCUT2D eigenvalue weighted by molar-refractivity contribution is 0.569.